The Morgan fingerprint density at radius 1 is 1.00 bits per heavy atom. The summed E-state index contributed by atoms with van der Waals surface area (Å²) in [6, 6.07) is 17.3. The van der Waals surface area contributed by atoms with Crippen molar-refractivity contribution in [3.05, 3.63) is 76.0 Å². The largest absolute Gasteiger partial charge is 0.365 e. The second kappa shape index (κ2) is 6.98. The number of benzene rings is 2. The molecule has 27 heavy (non-hydrogen) atoms. The molecular weight excluding hydrogens is 376 g/mol. The molecule has 2 heterocycles. The van der Waals surface area contributed by atoms with E-state index in [1.807, 2.05) is 66.9 Å². The Morgan fingerprint density at radius 2 is 1.70 bits per heavy atom. The first-order valence-corrected chi connectivity index (χ1v) is 10.0. The molecule has 0 saturated heterocycles. The van der Waals surface area contributed by atoms with E-state index >= 15 is 0 Å². The third-order valence-corrected chi connectivity index (χ3v) is 6.33. The number of primary amides is 1. The van der Waals surface area contributed by atoms with Crippen LogP contribution in [0.3, 0.4) is 0 Å². The second-order valence-corrected chi connectivity index (χ2v) is 8.20. The van der Waals surface area contributed by atoms with E-state index < -0.39 is 5.91 Å². The molecule has 0 atom stereocenters. The maximum Gasteiger partial charge on any atom is 0.257 e. The molecule has 0 bridgehead atoms. The summed E-state index contributed by atoms with van der Waals surface area (Å²) in [4.78, 5) is 26.0. The first-order chi connectivity index (χ1) is 13.1. The van der Waals surface area contributed by atoms with Crippen LogP contribution in [0.2, 0.25) is 0 Å². The van der Waals surface area contributed by atoms with Gasteiger partial charge in [0.1, 0.15) is 5.00 Å². The Morgan fingerprint density at radius 3 is 2.44 bits per heavy atom. The lowest BCUT2D eigenvalue weighted by atomic mass is 10.0. The zero-order chi connectivity index (χ0) is 19.0. The first kappa shape index (κ1) is 17.5. The van der Waals surface area contributed by atoms with E-state index in [2.05, 4.69) is 5.32 Å². The van der Waals surface area contributed by atoms with Gasteiger partial charge in [-0.15, -0.1) is 22.7 Å². The summed E-state index contributed by atoms with van der Waals surface area (Å²) < 4.78 is 1.05. The van der Waals surface area contributed by atoms with Crippen LogP contribution in [0, 0.1) is 6.92 Å². The number of carbonyl (C=O) groups excluding carboxylic acids is 2. The SMILES string of the molecule is Cc1sc(NC(=O)c2csc3ccccc23)c(C(N)=O)c1-c1ccccc1. The van der Waals surface area contributed by atoms with Crippen molar-refractivity contribution in [2.24, 2.45) is 5.73 Å². The Bertz CT molecular complexity index is 1160. The van der Waals surface area contributed by atoms with Crippen molar-refractivity contribution in [3.8, 4) is 11.1 Å². The molecule has 4 rings (SSSR count). The number of rotatable bonds is 4. The van der Waals surface area contributed by atoms with E-state index in [0.29, 0.717) is 16.1 Å². The maximum absolute atomic E-state index is 12.9. The fourth-order valence-corrected chi connectivity index (χ4v) is 5.16. The molecule has 0 aliphatic carbocycles. The molecular formula is C21H16N2O2S2. The first-order valence-electron chi connectivity index (χ1n) is 8.32. The molecule has 0 unspecified atom stereocenters. The molecule has 134 valence electrons. The fraction of sp³-hybridized carbons (Fsp3) is 0.0476. The Balaban J connectivity index is 1.76. The quantitative estimate of drug-likeness (QED) is 0.495. The lowest BCUT2D eigenvalue weighted by Gasteiger charge is -2.07. The monoisotopic (exact) mass is 392 g/mol. The summed E-state index contributed by atoms with van der Waals surface area (Å²) in [5, 5.41) is 6.12. The topological polar surface area (TPSA) is 72.2 Å². The average molecular weight is 393 g/mol. The van der Waals surface area contributed by atoms with Crippen molar-refractivity contribution in [1.82, 2.24) is 0 Å². The van der Waals surface area contributed by atoms with Crippen molar-refractivity contribution in [1.29, 1.82) is 0 Å². The number of nitrogens with two attached hydrogens (primary N) is 1. The standard InChI is InChI=1S/C21H16N2O2S2/c1-12-17(13-7-3-2-4-8-13)18(19(22)24)21(27-12)23-20(25)15-11-26-16-10-6-5-9-14(15)16/h2-11H,1H3,(H2,22,24)(H,23,25). The fourth-order valence-electron chi connectivity index (χ4n) is 3.14. The Labute approximate surface area is 164 Å². The molecule has 2 aromatic heterocycles. The van der Waals surface area contributed by atoms with E-state index in [0.717, 1.165) is 26.1 Å². The number of carbonyl (C=O) groups is 2. The van der Waals surface area contributed by atoms with Crippen LogP contribution in [0.25, 0.3) is 21.2 Å². The summed E-state index contributed by atoms with van der Waals surface area (Å²) in [6.45, 7) is 1.93. The van der Waals surface area contributed by atoms with Crippen LogP contribution in [-0.4, -0.2) is 11.8 Å². The number of anilines is 1. The molecule has 0 spiro atoms. The van der Waals surface area contributed by atoms with Crippen LogP contribution in [0.4, 0.5) is 5.00 Å². The van der Waals surface area contributed by atoms with Gasteiger partial charge in [0.15, 0.2) is 0 Å². The minimum atomic E-state index is -0.552. The lowest BCUT2D eigenvalue weighted by Crippen LogP contribution is -2.17. The highest BCUT2D eigenvalue weighted by Gasteiger charge is 2.23. The zero-order valence-corrected chi connectivity index (χ0v) is 16.1. The van der Waals surface area contributed by atoms with E-state index in [-0.39, 0.29) is 5.91 Å². The molecule has 4 nitrogen and oxygen atoms in total. The smallest absolute Gasteiger partial charge is 0.257 e. The maximum atomic E-state index is 12.9. The van der Waals surface area contributed by atoms with Gasteiger partial charge in [0, 0.05) is 25.9 Å². The van der Waals surface area contributed by atoms with Crippen molar-refractivity contribution in [2.75, 3.05) is 5.32 Å². The van der Waals surface area contributed by atoms with Crippen molar-refractivity contribution >= 4 is 49.6 Å². The number of fused-ring (bicyclic) bond motifs is 1. The molecule has 3 N–H and O–H groups in total. The van der Waals surface area contributed by atoms with Crippen LogP contribution in [0.1, 0.15) is 25.6 Å². The Kier molecular flexibility index (Phi) is 4.51. The summed E-state index contributed by atoms with van der Waals surface area (Å²) in [6.07, 6.45) is 0. The summed E-state index contributed by atoms with van der Waals surface area (Å²) in [5.41, 5.74) is 8.30. The summed E-state index contributed by atoms with van der Waals surface area (Å²) in [7, 11) is 0. The summed E-state index contributed by atoms with van der Waals surface area (Å²) in [5.74, 6) is -0.792. The van der Waals surface area contributed by atoms with Gasteiger partial charge in [-0.3, -0.25) is 9.59 Å². The number of nitrogens with one attached hydrogen (secondary N) is 1. The average Bonchev–Trinajstić information content (AvgIpc) is 3.23. The molecule has 0 fully saturated rings. The second-order valence-electron chi connectivity index (χ2n) is 6.07. The molecule has 2 amide bonds. The highest BCUT2D eigenvalue weighted by atomic mass is 32.1. The minimum absolute atomic E-state index is 0.240. The highest BCUT2D eigenvalue weighted by Crippen LogP contribution is 2.40. The van der Waals surface area contributed by atoms with Crippen LogP contribution < -0.4 is 11.1 Å². The predicted molar refractivity (Wildman–Crippen MR) is 113 cm³/mol. The van der Waals surface area contributed by atoms with Crippen molar-refractivity contribution in [2.45, 2.75) is 6.92 Å². The lowest BCUT2D eigenvalue weighted by molar-refractivity contribution is 0.100. The molecule has 0 saturated carbocycles. The number of aryl methyl sites for hydroxylation is 1. The third-order valence-electron chi connectivity index (χ3n) is 4.35. The predicted octanol–water partition coefficient (Wildman–Crippen LogP) is 5.29. The number of hydrogen-bond acceptors (Lipinski definition) is 4. The van der Waals surface area contributed by atoms with E-state index in [4.69, 9.17) is 5.73 Å². The molecule has 4 aromatic rings. The van der Waals surface area contributed by atoms with Crippen LogP contribution >= 0.6 is 22.7 Å². The van der Waals surface area contributed by atoms with Gasteiger partial charge in [-0.05, 0) is 18.6 Å². The Hall–Kier alpha value is -2.96. The minimum Gasteiger partial charge on any atom is -0.365 e. The van der Waals surface area contributed by atoms with Gasteiger partial charge in [-0.2, -0.15) is 0 Å². The van der Waals surface area contributed by atoms with Gasteiger partial charge in [0.25, 0.3) is 11.8 Å². The number of hydrogen-bond donors (Lipinski definition) is 2. The molecule has 0 radical (unpaired) electrons. The normalized spacial score (nSPS) is 10.9. The van der Waals surface area contributed by atoms with E-state index in [1.165, 1.54) is 22.7 Å². The highest BCUT2D eigenvalue weighted by molar-refractivity contribution is 7.18. The van der Waals surface area contributed by atoms with Crippen LogP contribution in [0.5, 0.6) is 0 Å². The summed E-state index contributed by atoms with van der Waals surface area (Å²) >= 11 is 2.89. The molecule has 0 aliphatic rings. The van der Waals surface area contributed by atoms with Gasteiger partial charge in [-0.1, -0.05) is 48.5 Å². The van der Waals surface area contributed by atoms with Gasteiger partial charge < -0.3 is 11.1 Å². The van der Waals surface area contributed by atoms with Crippen LogP contribution in [0.15, 0.2) is 60.0 Å². The van der Waals surface area contributed by atoms with Crippen LogP contribution in [-0.2, 0) is 0 Å². The third kappa shape index (κ3) is 3.13. The van der Waals surface area contributed by atoms with Crippen molar-refractivity contribution < 1.29 is 9.59 Å². The van der Waals surface area contributed by atoms with E-state index in [1.54, 1.807) is 0 Å². The van der Waals surface area contributed by atoms with Gasteiger partial charge in [0.05, 0.1) is 11.1 Å². The molecule has 0 aliphatic heterocycles. The number of thiophene rings is 2. The van der Waals surface area contributed by atoms with Gasteiger partial charge >= 0.3 is 0 Å². The number of amides is 2. The van der Waals surface area contributed by atoms with E-state index in [9.17, 15) is 9.59 Å². The molecule has 2 aromatic carbocycles. The van der Waals surface area contributed by atoms with Gasteiger partial charge in [-0.25, -0.2) is 0 Å². The van der Waals surface area contributed by atoms with Gasteiger partial charge in [0.2, 0.25) is 0 Å². The zero-order valence-electron chi connectivity index (χ0n) is 14.5. The molecule has 6 heteroatoms. The van der Waals surface area contributed by atoms with Crippen molar-refractivity contribution in [3.63, 3.8) is 0 Å².